The predicted molar refractivity (Wildman–Crippen MR) is 130 cm³/mol. The van der Waals surface area contributed by atoms with Crippen LogP contribution in [0.4, 0.5) is 20.2 Å². The SMILES string of the molecule is COc1ccc(C(=O)Nc2c(F)cc(Br)cc2OC)cc1C(=O)Nc1c(F)cc(Br)cc1OC. The normalized spacial score (nSPS) is 10.4. The minimum Gasteiger partial charge on any atom is -0.496 e. The Kier molecular flexibility index (Phi) is 8.11. The van der Waals surface area contributed by atoms with Crippen LogP contribution >= 0.6 is 31.9 Å². The van der Waals surface area contributed by atoms with E-state index in [1.54, 1.807) is 0 Å². The number of hydrogen-bond donors (Lipinski definition) is 2. The number of rotatable bonds is 7. The molecule has 3 rings (SSSR count). The first-order valence-corrected chi connectivity index (χ1v) is 11.1. The van der Waals surface area contributed by atoms with Gasteiger partial charge in [0.05, 0.1) is 26.9 Å². The monoisotopic (exact) mass is 598 g/mol. The van der Waals surface area contributed by atoms with Gasteiger partial charge >= 0.3 is 0 Å². The molecule has 0 spiro atoms. The van der Waals surface area contributed by atoms with Crippen molar-refractivity contribution in [2.45, 2.75) is 0 Å². The maximum absolute atomic E-state index is 14.5. The first-order chi connectivity index (χ1) is 16.2. The van der Waals surface area contributed by atoms with E-state index in [4.69, 9.17) is 14.2 Å². The summed E-state index contributed by atoms with van der Waals surface area (Å²) < 4.78 is 45.2. The summed E-state index contributed by atoms with van der Waals surface area (Å²) in [5, 5.41) is 4.88. The molecule has 3 aromatic carbocycles. The lowest BCUT2D eigenvalue weighted by molar-refractivity contribution is 0.102. The Labute approximate surface area is 210 Å². The minimum absolute atomic E-state index is 0.0264. The Bertz CT molecular complexity index is 1270. The third-order valence-electron chi connectivity index (χ3n) is 4.66. The molecule has 11 heteroatoms. The van der Waals surface area contributed by atoms with Gasteiger partial charge < -0.3 is 24.8 Å². The van der Waals surface area contributed by atoms with E-state index in [-0.39, 0.29) is 39.8 Å². The summed E-state index contributed by atoms with van der Waals surface area (Å²) in [5.41, 5.74) is -0.380. The molecule has 0 radical (unpaired) electrons. The summed E-state index contributed by atoms with van der Waals surface area (Å²) in [6, 6.07) is 9.36. The highest BCUT2D eigenvalue weighted by Gasteiger charge is 2.21. The second-order valence-electron chi connectivity index (χ2n) is 6.75. The van der Waals surface area contributed by atoms with Gasteiger partial charge in [-0.05, 0) is 42.5 Å². The molecule has 0 fully saturated rings. The van der Waals surface area contributed by atoms with E-state index in [2.05, 4.69) is 42.5 Å². The summed E-state index contributed by atoms with van der Waals surface area (Å²) in [5.74, 6) is -2.58. The number of anilines is 2. The number of ether oxygens (including phenoxy) is 3. The lowest BCUT2D eigenvalue weighted by atomic mass is 10.1. The maximum atomic E-state index is 14.5. The molecule has 0 aliphatic carbocycles. The highest BCUT2D eigenvalue weighted by Crippen LogP contribution is 2.34. The molecule has 0 aliphatic rings. The highest BCUT2D eigenvalue weighted by atomic mass is 79.9. The van der Waals surface area contributed by atoms with Crippen LogP contribution in [-0.4, -0.2) is 33.1 Å². The number of amides is 2. The van der Waals surface area contributed by atoms with Gasteiger partial charge in [-0.1, -0.05) is 31.9 Å². The van der Waals surface area contributed by atoms with Crippen molar-refractivity contribution < 1.29 is 32.6 Å². The van der Waals surface area contributed by atoms with Crippen molar-refractivity contribution in [3.05, 3.63) is 74.2 Å². The Morgan fingerprint density at radius 1 is 0.706 bits per heavy atom. The average Bonchev–Trinajstić information content (AvgIpc) is 2.81. The second-order valence-corrected chi connectivity index (χ2v) is 8.58. The highest BCUT2D eigenvalue weighted by molar-refractivity contribution is 9.10. The van der Waals surface area contributed by atoms with Gasteiger partial charge in [-0.15, -0.1) is 0 Å². The van der Waals surface area contributed by atoms with E-state index in [9.17, 15) is 18.4 Å². The molecule has 0 atom stereocenters. The fraction of sp³-hybridized carbons (Fsp3) is 0.130. The number of carbonyl (C=O) groups is 2. The molecule has 3 aromatic rings. The van der Waals surface area contributed by atoms with Crippen molar-refractivity contribution in [1.29, 1.82) is 0 Å². The largest absolute Gasteiger partial charge is 0.496 e. The molecule has 2 N–H and O–H groups in total. The molecule has 7 nitrogen and oxygen atoms in total. The van der Waals surface area contributed by atoms with Crippen LogP contribution in [0, 0.1) is 11.6 Å². The summed E-state index contributed by atoms with van der Waals surface area (Å²) in [7, 11) is 4.01. The van der Waals surface area contributed by atoms with Crippen LogP contribution in [-0.2, 0) is 0 Å². The maximum Gasteiger partial charge on any atom is 0.259 e. The number of methoxy groups -OCH3 is 3. The molecule has 0 unspecified atom stereocenters. The van der Waals surface area contributed by atoms with Crippen LogP contribution in [0.3, 0.4) is 0 Å². The van der Waals surface area contributed by atoms with Crippen LogP contribution in [0.25, 0.3) is 0 Å². The molecule has 178 valence electrons. The van der Waals surface area contributed by atoms with Crippen molar-refractivity contribution in [2.75, 3.05) is 32.0 Å². The van der Waals surface area contributed by atoms with Crippen molar-refractivity contribution in [3.8, 4) is 17.2 Å². The smallest absolute Gasteiger partial charge is 0.259 e. The molecule has 34 heavy (non-hydrogen) atoms. The zero-order chi connectivity index (χ0) is 25.0. The number of benzene rings is 3. The topological polar surface area (TPSA) is 85.9 Å². The van der Waals surface area contributed by atoms with Gasteiger partial charge in [0.2, 0.25) is 0 Å². The van der Waals surface area contributed by atoms with Crippen molar-refractivity contribution in [2.24, 2.45) is 0 Å². The Morgan fingerprint density at radius 3 is 1.65 bits per heavy atom. The van der Waals surface area contributed by atoms with Crippen molar-refractivity contribution >= 4 is 55.0 Å². The number of carbonyl (C=O) groups excluding carboxylic acids is 2. The third-order valence-corrected chi connectivity index (χ3v) is 5.58. The van der Waals surface area contributed by atoms with Crippen molar-refractivity contribution in [1.82, 2.24) is 0 Å². The fourth-order valence-corrected chi connectivity index (χ4v) is 3.88. The Hall–Kier alpha value is -3.18. The first kappa shape index (κ1) is 25.4. The quantitative estimate of drug-likeness (QED) is 0.347. The Balaban J connectivity index is 1.94. The lowest BCUT2D eigenvalue weighted by Crippen LogP contribution is -2.18. The molecular formula is C23H18Br2F2N2O5. The van der Waals surface area contributed by atoms with Gasteiger partial charge in [-0.2, -0.15) is 0 Å². The zero-order valence-electron chi connectivity index (χ0n) is 18.1. The van der Waals surface area contributed by atoms with Gasteiger partial charge in [0.15, 0.2) is 11.6 Å². The summed E-state index contributed by atoms with van der Waals surface area (Å²) in [6.07, 6.45) is 0. The second kappa shape index (κ2) is 10.8. The van der Waals surface area contributed by atoms with E-state index in [1.165, 1.54) is 63.8 Å². The number of nitrogens with one attached hydrogen (secondary N) is 2. The lowest BCUT2D eigenvalue weighted by Gasteiger charge is -2.15. The zero-order valence-corrected chi connectivity index (χ0v) is 21.3. The van der Waals surface area contributed by atoms with Gasteiger partial charge in [0.25, 0.3) is 11.8 Å². The molecule has 0 aliphatic heterocycles. The fourth-order valence-electron chi connectivity index (χ4n) is 3.06. The van der Waals surface area contributed by atoms with Crippen LogP contribution in [0.5, 0.6) is 17.2 Å². The van der Waals surface area contributed by atoms with E-state index in [0.29, 0.717) is 8.95 Å². The first-order valence-electron chi connectivity index (χ1n) is 9.55. The van der Waals surface area contributed by atoms with Crippen LogP contribution in [0.1, 0.15) is 20.7 Å². The molecular weight excluding hydrogens is 582 g/mol. The van der Waals surface area contributed by atoms with Crippen LogP contribution in [0.15, 0.2) is 51.4 Å². The van der Waals surface area contributed by atoms with Gasteiger partial charge in [-0.25, -0.2) is 8.78 Å². The minimum atomic E-state index is -0.751. The summed E-state index contributed by atoms with van der Waals surface area (Å²) >= 11 is 6.32. The Morgan fingerprint density at radius 2 is 1.18 bits per heavy atom. The van der Waals surface area contributed by atoms with E-state index in [0.717, 1.165) is 0 Å². The third kappa shape index (κ3) is 5.48. The van der Waals surface area contributed by atoms with Crippen molar-refractivity contribution in [3.63, 3.8) is 0 Å². The number of halogens is 4. The summed E-state index contributed by atoms with van der Waals surface area (Å²) in [6.45, 7) is 0. The van der Waals surface area contributed by atoms with E-state index in [1.807, 2.05) is 0 Å². The van der Waals surface area contributed by atoms with E-state index < -0.39 is 23.4 Å². The molecule has 0 aromatic heterocycles. The summed E-state index contributed by atoms with van der Waals surface area (Å²) in [4.78, 5) is 25.8. The molecule has 0 heterocycles. The molecule has 2 amide bonds. The predicted octanol–water partition coefficient (Wildman–Crippen LogP) is 6.02. The molecule has 0 saturated carbocycles. The average molecular weight is 600 g/mol. The van der Waals surface area contributed by atoms with E-state index >= 15 is 0 Å². The van der Waals surface area contributed by atoms with Gasteiger partial charge in [-0.3, -0.25) is 9.59 Å². The molecule has 0 bridgehead atoms. The molecule has 0 saturated heterocycles. The van der Waals surface area contributed by atoms with Gasteiger partial charge in [0, 0.05) is 14.5 Å². The van der Waals surface area contributed by atoms with Gasteiger partial charge in [0.1, 0.15) is 28.6 Å². The standard InChI is InChI=1S/C23H18Br2F2N2O5/c1-32-17-5-4-11(22(30)28-20-15(26)7-12(24)9-18(20)33-2)6-14(17)23(31)29-21-16(27)8-13(25)10-19(21)34-3/h4-10H,1-3H3,(H,28,30)(H,29,31). The van der Waals surface area contributed by atoms with Crippen LogP contribution < -0.4 is 24.8 Å². The van der Waals surface area contributed by atoms with Crippen LogP contribution in [0.2, 0.25) is 0 Å². The number of hydrogen-bond acceptors (Lipinski definition) is 5.